The Morgan fingerprint density at radius 3 is 2.76 bits per heavy atom. The molecule has 0 amide bonds. The molecule has 0 aliphatic heterocycles. The van der Waals surface area contributed by atoms with Gasteiger partial charge >= 0.3 is 0 Å². The first-order valence-corrected chi connectivity index (χ1v) is 6.30. The maximum atomic E-state index is 5.45. The van der Waals surface area contributed by atoms with Gasteiger partial charge in [-0.15, -0.1) is 0 Å². The molecule has 0 saturated heterocycles. The van der Waals surface area contributed by atoms with E-state index in [0.717, 1.165) is 31.9 Å². The van der Waals surface area contributed by atoms with Gasteiger partial charge in [0.05, 0.1) is 12.9 Å². The van der Waals surface area contributed by atoms with Crippen LogP contribution in [-0.2, 0) is 11.2 Å². The number of nitrogens with one attached hydrogen (secondary N) is 1. The van der Waals surface area contributed by atoms with Crippen LogP contribution >= 0.6 is 0 Å². The van der Waals surface area contributed by atoms with Gasteiger partial charge in [0, 0.05) is 26.6 Å². The Kier molecular flexibility index (Phi) is 5.72. The van der Waals surface area contributed by atoms with Crippen LogP contribution in [0.1, 0.15) is 26.5 Å². The summed E-state index contributed by atoms with van der Waals surface area (Å²) in [5.41, 5.74) is 0.214. The monoisotopic (exact) mass is 239 g/mol. The van der Waals surface area contributed by atoms with Gasteiger partial charge in [0.15, 0.2) is 0 Å². The Labute approximate surface area is 105 Å². The first-order valence-electron chi connectivity index (χ1n) is 6.30. The van der Waals surface area contributed by atoms with E-state index < -0.39 is 0 Å². The number of ether oxygens (including phenoxy) is 1. The van der Waals surface area contributed by atoms with Crippen LogP contribution in [0.2, 0.25) is 0 Å². The summed E-state index contributed by atoms with van der Waals surface area (Å²) in [4.78, 5) is 0. The van der Waals surface area contributed by atoms with Crippen LogP contribution in [0.5, 0.6) is 0 Å². The SMILES string of the molecule is COCCNCC(C)(Cc1ccco1)C(C)C. The molecule has 0 aliphatic carbocycles. The molecule has 17 heavy (non-hydrogen) atoms. The minimum Gasteiger partial charge on any atom is -0.469 e. The molecular formula is C14H25NO2. The molecule has 1 atom stereocenters. The van der Waals surface area contributed by atoms with E-state index in [2.05, 4.69) is 32.2 Å². The molecule has 98 valence electrons. The molecule has 1 aromatic heterocycles. The van der Waals surface area contributed by atoms with Crippen LogP contribution in [0.15, 0.2) is 22.8 Å². The number of furan rings is 1. The Hall–Kier alpha value is -0.800. The molecule has 0 aliphatic rings. The lowest BCUT2D eigenvalue weighted by molar-refractivity contribution is 0.170. The van der Waals surface area contributed by atoms with Crippen molar-refractivity contribution in [1.29, 1.82) is 0 Å². The van der Waals surface area contributed by atoms with E-state index in [4.69, 9.17) is 9.15 Å². The number of hydrogen-bond donors (Lipinski definition) is 1. The Morgan fingerprint density at radius 1 is 1.47 bits per heavy atom. The van der Waals surface area contributed by atoms with Gasteiger partial charge in [-0.2, -0.15) is 0 Å². The van der Waals surface area contributed by atoms with Crippen LogP contribution in [0.4, 0.5) is 0 Å². The van der Waals surface area contributed by atoms with Gasteiger partial charge in [0.2, 0.25) is 0 Å². The maximum absolute atomic E-state index is 5.45. The second-order valence-electron chi connectivity index (χ2n) is 5.23. The van der Waals surface area contributed by atoms with Crippen molar-refractivity contribution in [3.63, 3.8) is 0 Å². The summed E-state index contributed by atoms with van der Waals surface area (Å²) in [6.45, 7) is 9.47. The minimum atomic E-state index is 0.214. The molecular weight excluding hydrogens is 214 g/mol. The van der Waals surface area contributed by atoms with Crippen molar-refractivity contribution in [3.05, 3.63) is 24.2 Å². The smallest absolute Gasteiger partial charge is 0.104 e. The summed E-state index contributed by atoms with van der Waals surface area (Å²) in [6, 6.07) is 4.00. The largest absolute Gasteiger partial charge is 0.469 e. The highest BCUT2D eigenvalue weighted by atomic mass is 16.5. The normalized spacial score (nSPS) is 15.1. The van der Waals surface area contributed by atoms with Gasteiger partial charge < -0.3 is 14.5 Å². The first kappa shape index (κ1) is 14.3. The Morgan fingerprint density at radius 2 is 2.24 bits per heavy atom. The van der Waals surface area contributed by atoms with Crippen molar-refractivity contribution in [3.8, 4) is 0 Å². The average molecular weight is 239 g/mol. The molecule has 1 aromatic rings. The predicted octanol–water partition coefficient (Wildman–Crippen LogP) is 2.72. The van der Waals surface area contributed by atoms with Crippen molar-refractivity contribution >= 4 is 0 Å². The van der Waals surface area contributed by atoms with Gasteiger partial charge in [0.1, 0.15) is 5.76 Å². The maximum Gasteiger partial charge on any atom is 0.104 e. The lowest BCUT2D eigenvalue weighted by Gasteiger charge is -2.33. The second kappa shape index (κ2) is 6.82. The van der Waals surface area contributed by atoms with E-state index in [1.54, 1.807) is 13.4 Å². The van der Waals surface area contributed by atoms with Gasteiger partial charge in [-0.1, -0.05) is 20.8 Å². The molecule has 0 aromatic carbocycles. The van der Waals surface area contributed by atoms with Crippen LogP contribution in [0.25, 0.3) is 0 Å². The molecule has 0 radical (unpaired) electrons. The molecule has 1 rings (SSSR count). The zero-order valence-corrected chi connectivity index (χ0v) is 11.5. The zero-order chi connectivity index (χ0) is 12.7. The van der Waals surface area contributed by atoms with Crippen molar-refractivity contribution in [2.75, 3.05) is 26.8 Å². The molecule has 3 nitrogen and oxygen atoms in total. The third kappa shape index (κ3) is 4.52. The van der Waals surface area contributed by atoms with Crippen LogP contribution in [0, 0.1) is 11.3 Å². The minimum absolute atomic E-state index is 0.214. The second-order valence-corrected chi connectivity index (χ2v) is 5.23. The molecule has 0 spiro atoms. The molecule has 0 fully saturated rings. The summed E-state index contributed by atoms with van der Waals surface area (Å²) in [7, 11) is 1.73. The molecule has 1 N–H and O–H groups in total. The highest BCUT2D eigenvalue weighted by Crippen LogP contribution is 2.30. The van der Waals surface area contributed by atoms with Crippen molar-refractivity contribution < 1.29 is 9.15 Å². The standard InChI is InChI=1S/C14H25NO2/c1-12(2)14(3,11-15-7-9-16-4)10-13-6-5-8-17-13/h5-6,8,12,15H,7,9-11H2,1-4H3. The van der Waals surface area contributed by atoms with Gasteiger partial charge in [-0.05, 0) is 23.5 Å². The quantitative estimate of drug-likeness (QED) is 0.708. The molecule has 0 bridgehead atoms. The van der Waals surface area contributed by atoms with E-state index in [-0.39, 0.29) is 5.41 Å². The third-order valence-electron chi connectivity index (χ3n) is 3.56. The van der Waals surface area contributed by atoms with E-state index in [9.17, 15) is 0 Å². The molecule has 1 heterocycles. The van der Waals surface area contributed by atoms with Crippen LogP contribution in [0.3, 0.4) is 0 Å². The summed E-state index contributed by atoms with van der Waals surface area (Å²) >= 11 is 0. The summed E-state index contributed by atoms with van der Waals surface area (Å²) < 4.78 is 10.5. The number of hydrogen-bond acceptors (Lipinski definition) is 3. The summed E-state index contributed by atoms with van der Waals surface area (Å²) in [6.07, 6.45) is 2.71. The van der Waals surface area contributed by atoms with Crippen molar-refractivity contribution in [2.45, 2.75) is 27.2 Å². The fraction of sp³-hybridized carbons (Fsp3) is 0.714. The predicted molar refractivity (Wildman–Crippen MR) is 70.1 cm³/mol. The van der Waals surface area contributed by atoms with E-state index in [1.165, 1.54) is 0 Å². The highest BCUT2D eigenvalue weighted by Gasteiger charge is 2.29. The fourth-order valence-electron chi connectivity index (χ4n) is 1.83. The van der Waals surface area contributed by atoms with Gasteiger partial charge in [0.25, 0.3) is 0 Å². The summed E-state index contributed by atoms with van der Waals surface area (Å²) in [5, 5.41) is 3.45. The van der Waals surface area contributed by atoms with Crippen molar-refractivity contribution in [1.82, 2.24) is 5.32 Å². The zero-order valence-electron chi connectivity index (χ0n) is 11.5. The molecule has 3 heteroatoms. The average Bonchev–Trinajstić information content (AvgIpc) is 2.77. The summed E-state index contributed by atoms with van der Waals surface area (Å²) in [5.74, 6) is 1.66. The Bertz CT molecular complexity index is 295. The van der Waals surface area contributed by atoms with Gasteiger partial charge in [-0.25, -0.2) is 0 Å². The van der Waals surface area contributed by atoms with Crippen molar-refractivity contribution in [2.24, 2.45) is 11.3 Å². The lowest BCUT2D eigenvalue weighted by Crippen LogP contribution is -2.39. The topological polar surface area (TPSA) is 34.4 Å². The van der Waals surface area contributed by atoms with Crippen LogP contribution in [-0.4, -0.2) is 26.8 Å². The van der Waals surface area contributed by atoms with Crippen LogP contribution < -0.4 is 5.32 Å². The third-order valence-corrected chi connectivity index (χ3v) is 3.56. The molecule has 1 unspecified atom stereocenters. The fourth-order valence-corrected chi connectivity index (χ4v) is 1.83. The van der Waals surface area contributed by atoms with E-state index >= 15 is 0 Å². The number of rotatable bonds is 8. The Balaban J connectivity index is 2.50. The van der Waals surface area contributed by atoms with E-state index in [1.807, 2.05) is 6.07 Å². The highest BCUT2D eigenvalue weighted by molar-refractivity contribution is 5.02. The first-order chi connectivity index (χ1) is 8.08. The lowest BCUT2D eigenvalue weighted by atomic mass is 9.75. The van der Waals surface area contributed by atoms with Gasteiger partial charge in [-0.3, -0.25) is 0 Å². The number of methoxy groups -OCH3 is 1. The van der Waals surface area contributed by atoms with E-state index in [0.29, 0.717) is 5.92 Å². The molecule has 0 saturated carbocycles.